The second-order valence-corrected chi connectivity index (χ2v) is 16.9. The molecule has 0 saturated carbocycles. The second kappa shape index (κ2) is 18.3. The molecule has 0 aromatic carbocycles. The summed E-state index contributed by atoms with van der Waals surface area (Å²) in [5.41, 5.74) is 5.61. The fourth-order valence-corrected chi connectivity index (χ4v) is 12.0. The molecule has 0 unspecified atom stereocenters. The normalized spacial score (nSPS) is 11.0. The fourth-order valence-electron chi connectivity index (χ4n) is 4.00. The minimum Gasteiger partial charge on any atom is -0.358 e. The molecular weight excluding hydrogens is 494 g/mol. The van der Waals surface area contributed by atoms with E-state index in [4.69, 9.17) is 0 Å². The predicted octanol–water partition coefficient (Wildman–Crippen LogP) is 7.75. The molecule has 0 saturated heterocycles. The molecule has 0 heterocycles. The van der Waals surface area contributed by atoms with Gasteiger partial charge in [0.25, 0.3) is 0 Å². The van der Waals surface area contributed by atoms with Gasteiger partial charge in [-0.2, -0.15) is 0 Å². The summed E-state index contributed by atoms with van der Waals surface area (Å²) in [7, 11) is -0.191. The Morgan fingerprint density at radius 1 is 0.348 bits per heavy atom. The molecule has 0 nitrogen and oxygen atoms in total. The SMILES string of the molecule is CC(C)[PH+](C(C)C)C(C)C.CC(C)[PH+](C(C)C)C(C)C.[CH3-].[CH3-].[Ir]. The summed E-state index contributed by atoms with van der Waals surface area (Å²) in [6.07, 6.45) is 0. The van der Waals surface area contributed by atoms with E-state index in [0.717, 1.165) is 34.0 Å². The van der Waals surface area contributed by atoms with Crippen LogP contribution < -0.4 is 0 Å². The van der Waals surface area contributed by atoms with Gasteiger partial charge in [-0.15, -0.1) is 0 Å². The quantitative estimate of drug-likeness (QED) is 0.237. The van der Waals surface area contributed by atoms with E-state index >= 15 is 0 Å². The predicted molar refractivity (Wildman–Crippen MR) is 120 cm³/mol. The fraction of sp³-hybridized carbons (Fsp3) is 0.900. The molecular formula is C20H50IrP2. The van der Waals surface area contributed by atoms with E-state index in [1.807, 2.05) is 0 Å². The van der Waals surface area contributed by atoms with Gasteiger partial charge in [-0.05, 0) is 83.1 Å². The zero-order chi connectivity index (χ0) is 16.6. The molecule has 149 valence electrons. The van der Waals surface area contributed by atoms with Crippen LogP contribution in [-0.2, 0) is 20.1 Å². The Labute approximate surface area is 167 Å². The summed E-state index contributed by atoms with van der Waals surface area (Å²) in [5, 5.41) is 0. The summed E-state index contributed by atoms with van der Waals surface area (Å²) in [6, 6.07) is 0. The second-order valence-electron chi connectivity index (χ2n) is 7.93. The molecule has 0 bridgehead atoms. The van der Waals surface area contributed by atoms with E-state index < -0.39 is 0 Å². The first kappa shape index (κ1) is 35.6. The first-order chi connectivity index (χ1) is 8.93. The summed E-state index contributed by atoms with van der Waals surface area (Å²) in [6.45, 7) is 28.4. The Morgan fingerprint density at radius 3 is 0.435 bits per heavy atom. The van der Waals surface area contributed by atoms with E-state index in [9.17, 15) is 0 Å². The van der Waals surface area contributed by atoms with Crippen LogP contribution in [0.2, 0.25) is 0 Å². The van der Waals surface area contributed by atoms with Crippen molar-refractivity contribution in [3.8, 4) is 0 Å². The molecule has 0 aliphatic carbocycles. The van der Waals surface area contributed by atoms with Crippen LogP contribution in [0.25, 0.3) is 0 Å². The van der Waals surface area contributed by atoms with Crippen LogP contribution >= 0.6 is 15.8 Å². The number of hydrogen-bond donors (Lipinski definition) is 0. The van der Waals surface area contributed by atoms with E-state index in [1.165, 1.54) is 0 Å². The van der Waals surface area contributed by atoms with Gasteiger partial charge in [0.2, 0.25) is 0 Å². The maximum Gasteiger partial charge on any atom is 0.0624 e. The van der Waals surface area contributed by atoms with Gasteiger partial charge >= 0.3 is 0 Å². The van der Waals surface area contributed by atoms with Crippen molar-refractivity contribution in [3.63, 3.8) is 0 Å². The molecule has 0 N–H and O–H groups in total. The summed E-state index contributed by atoms with van der Waals surface area (Å²) >= 11 is 0. The zero-order valence-corrected chi connectivity index (χ0v) is 23.2. The van der Waals surface area contributed by atoms with Crippen LogP contribution in [0.1, 0.15) is 83.1 Å². The Balaban J connectivity index is -0.0000000831. The van der Waals surface area contributed by atoms with Crippen LogP contribution in [0.3, 0.4) is 0 Å². The van der Waals surface area contributed by atoms with Gasteiger partial charge in [0.15, 0.2) is 0 Å². The molecule has 1 radical (unpaired) electrons. The third-order valence-corrected chi connectivity index (χ3v) is 12.0. The molecule has 23 heavy (non-hydrogen) atoms. The Hall–Kier alpha value is 1.51. The minimum absolute atomic E-state index is 0. The zero-order valence-electron chi connectivity index (χ0n) is 18.8. The van der Waals surface area contributed by atoms with Gasteiger partial charge in [-0.1, -0.05) is 0 Å². The van der Waals surface area contributed by atoms with Crippen LogP contribution in [0.15, 0.2) is 0 Å². The van der Waals surface area contributed by atoms with Crippen molar-refractivity contribution in [1.29, 1.82) is 0 Å². The monoisotopic (exact) mass is 545 g/mol. The standard InChI is InChI=1S/2C9H21P.2CH3.Ir/c2*1-7(2)10(8(3)4)9(5)6;;;/h2*7-9H,1-6H3;2*1H3;/q;;2*-1;/p+2. The molecule has 0 rings (SSSR count). The molecule has 0 amide bonds. The molecule has 3 heteroatoms. The first-order valence-electron chi connectivity index (χ1n) is 8.66. The number of rotatable bonds is 6. The third-order valence-electron chi connectivity index (χ3n) is 4.00. The van der Waals surface area contributed by atoms with Gasteiger partial charge in [-0.3, -0.25) is 0 Å². The Kier molecular flexibility index (Phi) is 28.3. The van der Waals surface area contributed by atoms with Crippen molar-refractivity contribution in [2.75, 3.05) is 0 Å². The van der Waals surface area contributed by atoms with E-state index in [1.54, 1.807) is 0 Å². The van der Waals surface area contributed by atoms with Gasteiger partial charge in [0.05, 0.1) is 34.0 Å². The average Bonchev–Trinajstić information content (AvgIpc) is 2.12. The molecule has 0 aliphatic heterocycles. The van der Waals surface area contributed by atoms with Crippen LogP contribution in [0.5, 0.6) is 0 Å². The van der Waals surface area contributed by atoms with Crippen LogP contribution in [-0.4, -0.2) is 34.0 Å². The summed E-state index contributed by atoms with van der Waals surface area (Å²) in [4.78, 5) is 0. The smallest absolute Gasteiger partial charge is 0.0624 e. The van der Waals surface area contributed by atoms with Gasteiger partial charge < -0.3 is 14.9 Å². The molecule has 0 aromatic rings. The van der Waals surface area contributed by atoms with Crippen molar-refractivity contribution < 1.29 is 20.1 Å². The molecule has 0 fully saturated rings. The van der Waals surface area contributed by atoms with Crippen molar-refractivity contribution in [2.24, 2.45) is 0 Å². The molecule has 0 spiro atoms. The van der Waals surface area contributed by atoms with Crippen molar-refractivity contribution >= 4 is 15.8 Å². The molecule has 0 aromatic heterocycles. The van der Waals surface area contributed by atoms with Gasteiger partial charge in [0, 0.05) is 35.9 Å². The van der Waals surface area contributed by atoms with Gasteiger partial charge in [-0.25, -0.2) is 0 Å². The minimum atomic E-state index is -0.0957. The van der Waals surface area contributed by atoms with E-state index in [2.05, 4.69) is 83.1 Å². The Morgan fingerprint density at radius 2 is 0.435 bits per heavy atom. The van der Waals surface area contributed by atoms with Crippen molar-refractivity contribution in [3.05, 3.63) is 14.9 Å². The Bertz CT molecular complexity index is 162. The van der Waals surface area contributed by atoms with Crippen LogP contribution in [0.4, 0.5) is 0 Å². The maximum atomic E-state index is 2.37. The van der Waals surface area contributed by atoms with Crippen molar-refractivity contribution in [2.45, 2.75) is 117 Å². The van der Waals surface area contributed by atoms with E-state index in [-0.39, 0.29) is 50.8 Å². The number of hydrogen-bond acceptors (Lipinski definition) is 0. The first-order valence-corrected chi connectivity index (χ1v) is 12.1. The average molecular weight is 545 g/mol. The summed E-state index contributed by atoms with van der Waals surface area (Å²) < 4.78 is 0. The van der Waals surface area contributed by atoms with Crippen molar-refractivity contribution in [1.82, 2.24) is 0 Å². The van der Waals surface area contributed by atoms with Crippen LogP contribution in [0, 0.1) is 14.9 Å². The summed E-state index contributed by atoms with van der Waals surface area (Å²) in [5.74, 6) is 0. The topological polar surface area (TPSA) is 0 Å². The molecule has 0 atom stereocenters. The largest absolute Gasteiger partial charge is 0.358 e. The van der Waals surface area contributed by atoms with E-state index in [0.29, 0.717) is 0 Å². The van der Waals surface area contributed by atoms with Gasteiger partial charge in [0.1, 0.15) is 0 Å². The molecule has 0 aliphatic rings. The third kappa shape index (κ3) is 16.7. The maximum absolute atomic E-state index is 2.37.